The minimum absolute atomic E-state index is 0.00645. The lowest BCUT2D eigenvalue weighted by Gasteiger charge is -2.38. The van der Waals surface area contributed by atoms with Crippen molar-refractivity contribution in [1.29, 1.82) is 0 Å². The summed E-state index contributed by atoms with van der Waals surface area (Å²) in [5.74, 6) is 0.790. The lowest BCUT2D eigenvalue weighted by atomic mass is 9.84. The van der Waals surface area contributed by atoms with Crippen LogP contribution in [0.25, 0.3) is 0 Å². The van der Waals surface area contributed by atoms with E-state index in [4.69, 9.17) is 14.2 Å². The van der Waals surface area contributed by atoms with E-state index in [1.54, 1.807) is 0 Å². The van der Waals surface area contributed by atoms with Crippen molar-refractivity contribution in [3.05, 3.63) is 23.8 Å². The Morgan fingerprint density at radius 3 is 2.70 bits per heavy atom. The van der Waals surface area contributed by atoms with Gasteiger partial charge in [-0.2, -0.15) is 0 Å². The van der Waals surface area contributed by atoms with Crippen molar-refractivity contribution in [1.82, 2.24) is 10.2 Å². The van der Waals surface area contributed by atoms with Gasteiger partial charge in [0.05, 0.1) is 32.3 Å². The molecule has 9 heteroatoms. The summed E-state index contributed by atoms with van der Waals surface area (Å²) in [6, 6.07) is 5.71. The highest BCUT2D eigenvalue weighted by molar-refractivity contribution is 5.89. The van der Waals surface area contributed by atoms with Crippen LogP contribution in [0.3, 0.4) is 0 Å². The smallest absolute Gasteiger partial charge is 0.319 e. The van der Waals surface area contributed by atoms with Crippen LogP contribution < -0.4 is 15.4 Å². The molecule has 3 fully saturated rings. The highest BCUT2D eigenvalue weighted by Gasteiger charge is 2.46. The van der Waals surface area contributed by atoms with Crippen LogP contribution in [0.4, 0.5) is 10.5 Å². The van der Waals surface area contributed by atoms with Gasteiger partial charge in [0.15, 0.2) is 0 Å². The van der Waals surface area contributed by atoms with Crippen molar-refractivity contribution >= 4 is 17.6 Å². The molecule has 5 rings (SSSR count). The maximum Gasteiger partial charge on any atom is 0.319 e. The highest BCUT2D eigenvalue weighted by Crippen LogP contribution is 2.47. The Balaban J connectivity index is 1.26. The lowest BCUT2D eigenvalue weighted by molar-refractivity contribution is -0.151. The predicted molar refractivity (Wildman–Crippen MR) is 120 cm³/mol. The number of hydrogen-bond acceptors (Lipinski definition) is 6. The zero-order chi connectivity index (χ0) is 22.8. The number of nitrogens with one attached hydrogen (secondary N) is 2. The second-order valence-electron chi connectivity index (χ2n) is 9.43. The van der Waals surface area contributed by atoms with E-state index in [1.807, 2.05) is 23.1 Å². The Morgan fingerprint density at radius 2 is 1.94 bits per heavy atom. The molecule has 3 N–H and O–H groups in total. The first-order valence-corrected chi connectivity index (χ1v) is 12.1. The fraction of sp³-hybridized carbons (Fsp3) is 0.667. The van der Waals surface area contributed by atoms with Crippen molar-refractivity contribution in [2.75, 3.05) is 38.2 Å². The first-order chi connectivity index (χ1) is 16.1. The van der Waals surface area contributed by atoms with Gasteiger partial charge in [0.25, 0.3) is 0 Å². The average molecular weight is 460 g/mol. The zero-order valence-corrected chi connectivity index (χ0v) is 18.8. The molecule has 3 heterocycles. The quantitative estimate of drug-likeness (QED) is 0.621. The number of amides is 3. The van der Waals surface area contributed by atoms with Crippen LogP contribution in [-0.2, 0) is 14.3 Å². The van der Waals surface area contributed by atoms with Gasteiger partial charge in [0.2, 0.25) is 5.91 Å². The molecule has 1 saturated carbocycles. The fourth-order valence-corrected chi connectivity index (χ4v) is 5.53. The van der Waals surface area contributed by atoms with E-state index in [9.17, 15) is 14.7 Å². The van der Waals surface area contributed by atoms with Gasteiger partial charge in [-0.1, -0.05) is 12.8 Å². The molecular weight excluding hydrogens is 426 g/mol. The van der Waals surface area contributed by atoms with E-state index in [-0.39, 0.29) is 49.1 Å². The molecule has 0 unspecified atom stereocenters. The van der Waals surface area contributed by atoms with Crippen molar-refractivity contribution in [2.45, 2.75) is 68.8 Å². The van der Waals surface area contributed by atoms with Crippen LogP contribution in [0, 0.1) is 0 Å². The molecule has 2 saturated heterocycles. The molecular formula is C24H33N3O6. The molecule has 33 heavy (non-hydrogen) atoms. The normalized spacial score (nSPS) is 29.2. The summed E-state index contributed by atoms with van der Waals surface area (Å²) >= 11 is 0. The summed E-state index contributed by atoms with van der Waals surface area (Å²) < 4.78 is 17.5. The molecule has 1 aromatic carbocycles. The molecule has 0 radical (unpaired) electrons. The molecule has 3 aliphatic heterocycles. The van der Waals surface area contributed by atoms with Gasteiger partial charge < -0.3 is 34.9 Å². The maximum absolute atomic E-state index is 12.8. The SMILES string of the molecule is O=C(Nc1ccc2c(c1)[C@H]1C[C@@H](CC(=O)N3CCOCC3)O[C@H](CO)[C@H]1O2)NC1CCCC1. The number of morpholine rings is 1. The second-order valence-corrected chi connectivity index (χ2v) is 9.43. The van der Waals surface area contributed by atoms with Gasteiger partial charge >= 0.3 is 6.03 Å². The number of benzene rings is 1. The molecule has 180 valence electrons. The minimum atomic E-state index is -0.499. The Hall–Kier alpha value is -2.36. The van der Waals surface area contributed by atoms with Crippen LogP contribution in [0.2, 0.25) is 0 Å². The monoisotopic (exact) mass is 459 g/mol. The number of carbonyl (C=O) groups is 2. The summed E-state index contributed by atoms with van der Waals surface area (Å²) in [5.41, 5.74) is 1.70. The summed E-state index contributed by atoms with van der Waals surface area (Å²) in [6.07, 6.45) is 4.18. The third-order valence-electron chi connectivity index (χ3n) is 7.21. The van der Waals surface area contributed by atoms with Gasteiger partial charge in [-0.05, 0) is 37.5 Å². The number of ether oxygens (including phenoxy) is 3. The van der Waals surface area contributed by atoms with Crippen LogP contribution >= 0.6 is 0 Å². The molecule has 4 aliphatic rings. The highest BCUT2D eigenvalue weighted by atomic mass is 16.6. The first-order valence-electron chi connectivity index (χ1n) is 12.1. The Kier molecular flexibility index (Phi) is 6.71. The van der Waals surface area contributed by atoms with E-state index in [0.29, 0.717) is 38.4 Å². The summed E-state index contributed by atoms with van der Waals surface area (Å²) in [4.78, 5) is 27.0. The molecule has 0 bridgehead atoms. The van der Waals surface area contributed by atoms with E-state index >= 15 is 0 Å². The van der Waals surface area contributed by atoms with Crippen molar-refractivity contribution < 1.29 is 28.9 Å². The van der Waals surface area contributed by atoms with Gasteiger partial charge in [-0.15, -0.1) is 0 Å². The minimum Gasteiger partial charge on any atom is -0.487 e. The Labute approximate surface area is 193 Å². The third kappa shape index (κ3) is 4.95. The average Bonchev–Trinajstić information content (AvgIpc) is 3.46. The van der Waals surface area contributed by atoms with Gasteiger partial charge in [0.1, 0.15) is 18.0 Å². The summed E-state index contributed by atoms with van der Waals surface area (Å²) in [7, 11) is 0. The number of nitrogens with zero attached hydrogens (tertiary/aromatic N) is 1. The molecule has 0 spiro atoms. The number of anilines is 1. The number of hydrogen-bond donors (Lipinski definition) is 3. The van der Waals surface area contributed by atoms with E-state index in [0.717, 1.165) is 37.0 Å². The molecule has 4 atom stereocenters. The van der Waals surface area contributed by atoms with Crippen LogP contribution in [0.15, 0.2) is 18.2 Å². The zero-order valence-electron chi connectivity index (χ0n) is 18.8. The number of aliphatic hydroxyl groups excluding tert-OH is 1. The van der Waals surface area contributed by atoms with Crippen LogP contribution in [-0.4, -0.2) is 79.2 Å². The number of fused-ring (bicyclic) bond motifs is 3. The maximum atomic E-state index is 12.8. The van der Waals surface area contributed by atoms with E-state index in [1.165, 1.54) is 0 Å². The van der Waals surface area contributed by atoms with Crippen molar-refractivity contribution in [3.8, 4) is 5.75 Å². The number of aliphatic hydroxyl groups is 1. The van der Waals surface area contributed by atoms with Crippen molar-refractivity contribution in [3.63, 3.8) is 0 Å². The standard InChI is InChI=1S/C24H33N3O6/c28-14-21-23-19(12-17(32-21)13-22(29)27-7-9-31-10-8-27)18-11-16(5-6-20(18)33-23)26-24(30)25-15-3-1-2-4-15/h5-6,11,15,17,19,21,23,28H,1-4,7-10,12-14H2,(H2,25,26,30)/t17-,19+,21+,23-/m0/s1. The number of urea groups is 1. The molecule has 0 aromatic heterocycles. The van der Waals surface area contributed by atoms with Crippen LogP contribution in [0.5, 0.6) is 5.75 Å². The molecule has 3 amide bonds. The topological polar surface area (TPSA) is 109 Å². The van der Waals surface area contributed by atoms with Gasteiger partial charge in [-0.3, -0.25) is 4.79 Å². The third-order valence-corrected chi connectivity index (χ3v) is 7.21. The molecule has 9 nitrogen and oxygen atoms in total. The molecule has 1 aliphatic carbocycles. The molecule has 1 aromatic rings. The van der Waals surface area contributed by atoms with E-state index in [2.05, 4.69) is 10.6 Å². The number of rotatable bonds is 5. The van der Waals surface area contributed by atoms with Crippen molar-refractivity contribution in [2.24, 2.45) is 0 Å². The summed E-state index contributed by atoms with van der Waals surface area (Å²) in [5, 5.41) is 15.9. The van der Waals surface area contributed by atoms with Crippen LogP contribution in [0.1, 0.15) is 50.0 Å². The summed E-state index contributed by atoms with van der Waals surface area (Å²) in [6.45, 7) is 2.15. The fourth-order valence-electron chi connectivity index (χ4n) is 5.53. The van der Waals surface area contributed by atoms with E-state index < -0.39 is 6.10 Å². The first kappa shape index (κ1) is 22.4. The largest absolute Gasteiger partial charge is 0.487 e. The predicted octanol–water partition coefficient (Wildman–Crippen LogP) is 1.99. The second kappa shape index (κ2) is 9.87. The lowest BCUT2D eigenvalue weighted by Crippen LogP contribution is -2.48. The van der Waals surface area contributed by atoms with Gasteiger partial charge in [-0.25, -0.2) is 4.79 Å². The Morgan fingerprint density at radius 1 is 1.15 bits per heavy atom. The Bertz CT molecular complexity index is 868. The number of carbonyl (C=O) groups excluding carboxylic acids is 2. The van der Waals surface area contributed by atoms with Gasteiger partial charge in [0, 0.05) is 36.3 Å².